The van der Waals surface area contributed by atoms with E-state index in [2.05, 4.69) is 20.8 Å². The van der Waals surface area contributed by atoms with Gasteiger partial charge in [-0.2, -0.15) is 5.10 Å². The molecule has 1 atom stereocenters. The van der Waals surface area contributed by atoms with Crippen LogP contribution >= 0.6 is 0 Å². The monoisotopic (exact) mass is 378 g/mol. The number of carbonyl (C=O) groups is 2. The molecule has 0 saturated carbocycles. The predicted octanol–water partition coefficient (Wildman–Crippen LogP) is 2.63. The maximum Gasteiger partial charge on any atom is 0.271 e. The van der Waals surface area contributed by atoms with Gasteiger partial charge in [0.2, 0.25) is 0 Å². The molecule has 1 fully saturated rings. The summed E-state index contributed by atoms with van der Waals surface area (Å²) in [5.74, 6) is -3.43. The van der Waals surface area contributed by atoms with Crippen molar-refractivity contribution >= 4 is 17.5 Å². The number of nitrogens with one attached hydrogen (secondary N) is 3. The van der Waals surface area contributed by atoms with Gasteiger partial charge in [0.1, 0.15) is 22.9 Å². The van der Waals surface area contributed by atoms with E-state index in [1.807, 2.05) is 0 Å². The first-order chi connectivity index (χ1) is 13.1. The average Bonchev–Trinajstić information content (AvgIpc) is 3.05. The van der Waals surface area contributed by atoms with E-state index in [1.54, 1.807) is 0 Å². The number of benzene rings is 1. The maximum atomic E-state index is 13.8. The fourth-order valence-electron chi connectivity index (χ4n) is 2.92. The van der Waals surface area contributed by atoms with Crippen LogP contribution in [0.25, 0.3) is 0 Å². The Morgan fingerprint density at radius 1 is 1.11 bits per heavy atom. The molecule has 144 valence electrons. The Kier molecular flexibility index (Phi) is 6.12. The Hall–Kier alpha value is -2.81. The summed E-state index contributed by atoms with van der Waals surface area (Å²) in [6.45, 7) is 1.29. The highest BCUT2D eigenvalue weighted by molar-refractivity contribution is 6.08. The van der Waals surface area contributed by atoms with Crippen molar-refractivity contribution < 1.29 is 23.1 Å². The van der Waals surface area contributed by atoms with E-state index < -0.39 is 29.0 Å². The molecule has 7 nitrogen and oxygen atoms in total. The van der Waals surface area contributed by atoms with Crippen molar-refractivity contribution in [2.24, 2.45) is 0 Å². The number of halogens is 2. The van der Waals surface area contributed by atoms with Gasteiger partial charge in [-0.1, -0.05) is 6.07 Å². The second kappa shape index (κ2) is 8.72. The number of hydrogen-bond acceptors (Lipinski definition) is 4. The van der Waals surface area contributed by atoms with Crippen molar-refractivity contribution in [2.75, 3.05) is 18.5 Å². The summed E-state index contributed by atoms with van der Waals surface area (Å²) in [5.41, 5.74) is -0.660. The number of hydrogen-bond donors (Lipinski definition) is 3. The van der Waals surface area contributed by atoms with Crippen molar-refractivity contribution in [3.05, 3.63) is 47.3 Å². The molecule has 0 spiro atoms. The van der Waals surface area contributed by atoms with Gasteiger partial charge in [0.05, 0.1) is 11.9 Å². The van der Waals surface area contributed by atoms with E-state index in [1.165, 1.54) is 6.20 Å². The number of amides is 2. The maximum absolute atomic E-state index is 13.8. The topological polar surface area (TPSA) is 96.1 Å². The fraction of sp³-hybridized carbons (Fsp3) is 0.389. The molecule has 3 rings (SSSR count). The van der Waals surface area contributed by atoms with E-state index in [-0.39, 0.29) is 17.4 Å². The van der Waals surface area contributed by atoms with Gasteiger partial charge in [0.25, 0.3) is 11.8 Å². The third-order valence-corrected chi connectivity index (χ3v) is 4.34. The fourth-order valence-corrected chi connectivity index (χ4v) is 2.92. The van der Waals surface area contributed by atoms with Crippen molar-refractivity contribution in [3.63, 3.8) is 0 Å². The highest BCUT2D eigenvalue weighted by Gasteiger charge is 2.23. The van der Waals surface area contributed by atoms with Crippen LogP contribution in [0, 0.1) is 11.6 Å². The van der Waals surface area contributed by atoms with Gasteiger partial charge in [-0.25, -0.2) is 8.78 Å². The summed E-state index contributed by atoms with van der Waals surface area (Å²) in [4.78, 5) is 24.7. The SMILES string of the molecule is O=C(NC1CCCCOCC1)c1[nH]ncc1NC(=O)c1c(F)cccc1F. The Labute approximate surface area is 154 Å². The van der Waals surface area contributed by atoms with E-state index in [9.17, 15) is 18.4 Å². The number of aromatic nitrogens is 2. The van der Waals surface area contributed by atoms with Gasteiger partial charge in [0, 0.05) is 19.3 Å². The normalized spacial score (nSPS) is 17.6. The van der Waals surface area contributed by atoms with Crippen LogP contribution in [-0.4, -0.2) is 41.3 Å². The van der Waals surface area contributed by atoms with Gasteiger partial charge < -0.3 is 15.4 Å². The number of aromatic amines is 1. The molecule has 27 heavy (non-hydrogen) atoms. The van der Waals surface area contributed by atoms with Crippen LogP contribution < -0.4 is 10.6 Å². The molecule has 0 aliphatic carbocycles. The van der Waals surface area contributed by atoms with Crippen molar-refractivity contribution in [3.8, 4) is 0 Å². The Morgan fingerprint density at radius 3 is 2.67 bits per heavy atom. The zero-order valence-corrected chi connectivity index (χ0v) is 14.6. The molecule has 1 saturated heterocycles. The molecule has 3 N–H and O–H groups in total. The lowest BCUT2D eigenvalue weighted by Gasteiger charge is -2.21. The molecule has 9 heteroatoms. The number of ether oxygens (including phenoxy) is 1. The molecule has 1 aromatic carbocycles. The molecule has 1 aromatic heterocycles. The molecule has 1 aliphatic heterocycles. The van der Waals surface area contributed by atoms with Crippen LogP contribution in [0.4, 0.5) is 14.5 Å². The highest BCUT2D eigenvalue weighted by Crippen LogP contribution is 2.18. The van der Waals surface area contributed by atoms with E-state index in [4.69, 9.17) is 4.74 Å². The smallest absolute Gasteiger partial charge is 0.271 e. The number of nitrogens with zero attached hydrogens (tertiary/aromatic N) is 1. The average molecular weight is 378 g/mol. The number of rotatable bonds is 4. The van der Waals surface area contributed by atoms with Gasteiger partial charge in [-0.15, -0.1) is 0 Å². The molecule has 0 bridgehead atoms. The zero-order valence-electron chi connectivity index (χ0n) is 14.6. The first-order valence-corrected chi connectivity index (χ1v) is 8.73. The minimum atomic E-state index is -1.000. The third-order valence-electron chi connectivity index (χ3n) is 4.34. The number of H-pyrrole nitrogens is 1. The quantitative estimate of drug-likeness (QED) is 0.762. The summed E-state index contributed by atoms with van der Waals surface area (Å²) < 4.78 is 32.9. The minimum absolute atomic E-state index is 0.0167. The van der Waals surface area contributed by atoms with Crippen LogP contribution in [0.15, 0.2) is 24.4 Å². The zero-order chi connectivity index (χ0) is 19.2. The largest absolute Gasteiger partial charge is 0.381 e. The lowest BCUT2D eigenvalue weighted by molar-refractivity contribution is 0.0861. The van der Waals surface area contributed by atoms with E-state index >= 15 is 0 Å². The first-order valence-electron chi connectivity index (χ1n) is 8.73. The van der Waals surface area contributed by atoms with E-state index in [0.717, 1.165) is 44.1 Å². The highest BCUT2D eigenvalue weighted by atomic mass is 19.1. The summed E-state index contributed by atoms with van der Waals surface area (Å²) in [6.07, 6.45) is 4.59. The van der Waals surface area contributed by atoms with Crippen molar-refractivity contribution in [1.82, 2.24) is 15.5 Å². The van der Waals surface area contributed by atoms with Crippen LogP contribution in [0.5, 0.6) is 0 Å². The molecule has 2 amide bonds. The van der Waals surface area contributed by atoms with Crippen molar-refractivity contribution in [1.29, 1.82) is 0 Å². The second-order valence-corrected chi connectivity index (χ2v) is 6.28. The Bertz CT molecular complexity index is 796. The molecular weight excluding hydrogens is 358 g/mol. The summed E-state index contributed by atoms with van der Waals surface area (Å²) >= 11 is 0. The van der Waals surface area contributed by atoms with Crippen LogP contribution in [0.1, 0.15) is 46.5 Å². The Morgan fingerprint density at radius 2 is 1.89 bits per heavy atom. The number of anilines is 1. The summed E-state index contributed by atoms with van der Waals surface area (Å²) in [5, 5.41) is 11.5. The van der Waals surface area contributed by atoms with Crippen LogP contribution in [0.2, 0.25) is 0 Å². The minimum Gasteiger partial charge on any atom is -0.381 e. The lowest BCUT2D eigenvalue weighted by atomic mass is 10.1. The number of carbonyl (C=O) groups excluding carboxylic acids is 2. The van der Waals surface area contributed by atoms with Crippen LogP contribution in [-0.2, 0) is 4.74 Å². The molecule has 1 unspecified atom stereocenters. The summed E-state index contributed by atoms with van der Waals surface area (Å²) in [6, 6.07) is 3.07. The molecule has 0 radical (unpaired) electrons. The molecule has 2 aromatic rings. The van der Waals surface area contributed by atoms with E-state index in [0.29, 0.717) is 13.0 Å². The summed E-state index contributed by atoms with van der Waals surface area (Å²) in [7, 11) is 0. The third kappa shape index (κ3) is 4.68. The predicted molar refractivity (Wildman–Crippen MR) is 93.4 cm³/mol. The molecule has 1 aliphatic rings. The van der Waals surface area contributed by atoms with Gasteiger partial charge in [-0.3, -0.25) is 14.7 Å². The molecular formula is C18H20F2N4O3. The molecule has 2 heterocycles. The van der Waals surface area contributed by atoms with Crippen LogP contribution in [0.3, 0.4) is 0 Å². The van der Waals surface area contributed by atoms with Crippen molar-refractivity contribution in [2.45, 2.75) is 31.7 Å². The van der Waals surface area contributed by atoms with Gasteiger partial charge in [0.15, 0.2) is 0 Å². The Balaban J connectivity index is 1.69. The van der Waals surface area contributed by atoms with Gasteiger partial charge >= 0.3 is 0 Å². The lowest BCUT2D eigenvalue weighted by Crippen LogP contribution is -2.37. The van der Waals surface area contributed by atoms with Gasteiger partial charge in [-0.05, 0) is 37.8 Å². The second-order valence-electron chi connectivity index (χ2n) is 6.28. The first kappa shape index (κ1) is 19.0. The standard InChI is InChI=1S/C18H20F2N4O3/c19-12-5-3-6-13(20)15(12)17(25)23-14-10-21-24-16(14)18(26)22-11-4-1-2-8-27-9-7-11/h3,5-6,10-11H,1-2,4,7-9H2,(H,21,24)(H,22,26)(H,23,25).